The van der Waals surface area contributed by atoms with Gasteiger partial charge in [0.25, 0.3) is 5.91 Å². The van der Waals surface area contributed by atoms with Crippen LogP contribution in [0.1, 0.15) is 44.1 Å². The maximum atomic E-state index is 12.5. The van der Waals surface area contributed by atoms with Crippen molar-refractivity contribution in [2.75, 3.05) is 25.0 Å². The van der Waals surface area contributed by atoms with Crippen molar-refractivity contribution in [2.24, 2.45) is 0 Å². The number of pyridine rings is 1. The summed E-state index contributed by atoms with van der Waals surface area (Å²) in [5.41, 5.74) is 0.905. The van der Waals surface area contributed by atoms with Gasteiger partial charge in [-0.1, -0.05) is 0 Å². The quantitative estimate of drug-likeness (QED) is 0.887. The molecule has 7 nitrogen and oxygen atoms in total. The number of anilines is 1. The van der Waals surface area contributed by atoms with Crippen LogP contribution in [0.3, 0.4) is 0 Å². The molecule has 1 N–H and O–H groups in total. The molecule has 0 spiro atoms. The molecule has 2 aliphatic rings. The summed E-state index contributed by atoms with van der Waals surface area (Å²) in [6, 6.07) is 3.97. The lowest BCUT2D eigenvalue weighted by Crippen LogP contribution is -2.56. The van der Waals surface area contributed by atoms with Crippen LogP contribution in [-0.4, -0.2) is 59.7 Å². The van der Waals surface area contributed by atoms with E-state index in [1.807, 2.05) is 31.7 Å². The van der Waals surface area contributed by atoms with Crippen molar-refractivity contribution >= 4 is 17.7 Å². The van der Waals surface area contributed by atoms with Gasteiger partial charge >= 0.3 is 6.09 Å². The summed E-state index contributed by atoms with van der Waals surface area (Å²) in [5, 5.41) is 2.57. The van der Waals surface area contributed by atoms with E-state index < -0.39 is 5.60 Å². The first kappa shape index (κ1) is 17.5. The van der Waals surface area contributed by atoms with Crippen LogP contribution < -0.4 is 10.2 Å². The zero-order chi connectivity index (χ0) is 18.2. The first-order valence-electron chi connectivity index (χ1n) is 8.73. The summed E-state index contributed by atoms with van der Waals surface area (Å²) in [7, 11) is 1.59. The van der Waals surface area contributed by atoms with E-state index in [1.54, 1.807) is 19.3 Å². The molecular formula is C18H26N4O3. The van der Waals surface area contributed by atoms with Crippen LogP contribution in [0.4, 0.5) is 10.5 Å². The molecule has 25 heavy (non-hydrogen) atoms. The third kappa shape index (κ3) is 3.70. The van der Waals surface area contributed by atoms with Gasteiger partial charge in [0.05, 0.1) is 24.0 Å². The van der Waals surface area contributed by atoms with Crippen molar-refractivity contribution in [3.05, 3.63) is 24.0 Å². The minimum Gasteiger partial charge on any atom is -0.444 e. The molecule has 0 saturated carbocycles. The zero-order valence-electron chi connectivity index (χ0n) is 15.3. The highest BCUT2D eigenvalue weighted by atomic mass is 16.6. The second kappa shape index (κ2) is 6.54. The molecule has 2 aliphatic heterocycles. The van der Waals surface area contributed by atoms with Crippen LogP contribution in [0.2, 0.25) is 0 Å². The van der Waals surface area contributed by atoms with Gasteiger partial charge in [-0.3, -0.25) is 9.69 Å². The monoisotopic (exact) mass is 346 g/mol. The molecule has 2 amide bonds. The van der Waals surface area contributed by atoms with Crippen LogP contribution in [-0.2, 0) is 4.74 Å². The Hall–Kier alpha value is -2.31. The normalized spacial score (nSPS) is 22.7. The SMILES string of the molecule is CNC(=O)c1ccc(N2CC3CCC(C2)N3C(=O)OC(C)(C)C)cn1. The average molecular weight is 346 g/mol. The van der Waals surface area contributed by atoms with Crippen LogP contribution >= 0.6 is 0 Å². The number of carbonyl (C=O) groups is 2. The number of fused-ring (bicyclic) bond motifs is 2. The third-order valence-corrected chi connectivity index (χ3v) is 4.66. The number of rotatable bonds is 2. The molecule has 2 fully saturated rings. The Balaban J connectivity index is 1.69. The first-order valence-corrected chi connectivity index (χ1v) is 8.73. The van der Waals surface area contributed by atoms with E-state index >= 15 is 0 Å². The number of aromatic nitrogens is 1. The number of carbonyl (C=O) groups excluding carboxylic acids is 2. The van der Waals surface area contributed by atoms with Gasteiger partial charge in [-0.2, -0.15) is 0 Å². The largest absolute Gasteiger partial charge is 0.444 e. The number of hydrogen-bond acceptors (Lipinski definition) is 5. The highest BCUT2D eigenvalue weighted by Gasteiger charge is 2.44. The van der Waals surface area contributed by atoms with Crippen molar-refractivity contribution in [2.45, 2.75) is 51.3 Å². The Labute approximate surface area is 148 Å². The summed E-state index contributed by atoms with van der Waals surface area (Å²) in [5.74, 6) is -0.193. The predicted octanol–water partition coefficient (Wildman–Crippen LogP) is 2.03. The molecule has 1 aromatic rings. The van der Waals surface area contributed by atoms with Crippen LogP contribution in [0, 0.1) is 0 Å². The van der Waals surface area contributed by atoms with Crippen molar-refractivity contribution in [3.8, 4) is 0 Å². The molecule has 1 aromatic heterocycles. The van der Waals surface area contributed by atoms with Crippen LogP contribution in [0.15, 0.2) is 18.3 Å². The Morgan fingerprint density at radius 2 is 1.84 bits per heavy atom. The van der Waals surface area contributed by atoms with E-state index in [-0.39, 0.29) is 24.1 Å². The maximum Gasteiger partial charge on any atom is 0.410 e. The molecule has 0 radical (unpaired) electrons. The molecule has 136 valence electrons. The lowest BCUT2D eigenvalue weighted by Gasteiger charge is -2.42. The van der Waals surface area contributed by atoms with Gasteiger partial charge in [0.15, 0.2) is 0 Å². The molecule has 3 rings (SSSR count). The fraction of sp³-hybridized carbons (Fsp3) is 0.611. The van der Waals surface area contributed by atoms with E-state index in [1.165, 1.54) is 0 Å². The van der Waals surface area contributed by atoms with Crippen molar-refractivity contribution < 1.29 is 14.3 Å². The molecule has 0 aliphatic carbocycles. The lowest BCUT2D eigenvalue weighted by atomic mass is 10.1. The number of amides is 2. The molecule has 0 aromatic carbocycles. The second-order valence-electron chi connectivity index (χ2n) is 7.66. The topological polar surface area (TPSA) is 74.8 Å². The summed E-state index contributed by atoms with van der Waals surface area (Å²) in [6.45, 7) is 7.20. The molecule has 7 heteroatoms. The van der Waals surface area contributed by atoms with E-state index in [9.17, 15) is 9.59 Å². The van der Waals surface area contributed by atoms with Crippen molar-refractivity contribution in [1.29, 1.82) is 0 Å². The number of nitrogens with zero attached hydrogens (tertiary/aromatic N) is 3. The minimum absolute atomic E-state index is 0.159. The molecule has 2 unspecified atom stereocenters. The molecule has 3 heterocycles. The van der Waals surface area contributed by atoms with Gasteiger partial charge in [0.2, 0.25) is 0 Å². The van der Waals surface area contributed by atoms with Gasteiger partial charge in [-0.15, -0.1) is 0 Å². The number of piperazine rings is 1. The Morgan fingerprint density at radius 3 is 2.32 bits per heavy atom. The van der Waals surface area contributed by atoms with E-state index in [2.05, 4.69) is 15.2 Å². The fourth-order valence-corrected chi connectivity index (χ4v) is 3.56. The number of nitrogens with one attached hydrogen (secondary N) is 1. The summed E-state index contributed by atoms with van der Waals surface area (Å²) in [4.78, 5) is 32.5. The van der Waals surface area contributed by atoms with Crippen LogP contribution in [0.25, 0.3) is 0 Å². The Kier molecular flexibility index (Phi) is 4.58. The smallest absolute Gasteiger partial charge is 0.410 e. The van der Waals surface area contributed by atoms with Crippen LogP contribution in [0.5, 0.6) is 0 Å². The minimum atomic E-state index is -0.479. The van der Waals surface area contributed by atoms with Gasteiger partial charge in [-0.05, 0) is 45.7 Å². The van der Waals surface area contributed by atoms with Gasteiger partial charge < -0.3 is 15.0 Å². The fourth-order valence-electron chi connectivity index (χ4n) is 3.56. The van der Waals surface area contributed by atoms with Crippen molar-refractivity contribution in [3.63, 3.8) is 0 Å². The summed E-state index contributed by atoms with van der Waals surface area (Å²) >= 11 is 0. The highest BCUT2D eigenvalue weighted by molar-refractivity contribution is 5.92. The zero-order valence-corrected chi connectivity index (χ0v) is 15.3. The molecule has 2 bridgehead atoms. The van der Waals surface area contributed by atoms with E-state index in [0.717, 1.165) is 31.6 Å². The molecule has 2 saturated heterocycles. The van der Waals surface area contributed by atoms with Crippen molar-refractivity contribution in [1.82, 2.24) is 15.2 Å². The van der Waals surface area contributed by atoms with Gasteiger partial charge in [-0.25, -0.2) is 9.78 Å². The Morgan fingerprint density at radius 1 is 1.20 bits per heavy atom. The number of hydrogen-bond donors (Lipinski definition) is 1. The number of ether oxygens (including phenoxy) is 1. The molecular weight excluding hydrogens is 320 g/mol. The third-order valence-electron chi connectivity index (χ3n) is 4.66. The van der Waals surface area contributed by atoms with Gasteiger partial charge in [0, 0.05) is 20.1 Å². The van der Waals surface area contributed by atoms with Gasteiger partial charge in [0.1, 0.15) is 11.3 Å². The second-order valence-corrected chi connectivity index (χ2v) is 7.66. The highest BCUT2D eigenvalue weighted by Crippen LogP contribution is 2.33. The standard InChI is InChI=1S/C18H26N4O3/c1-18(2,3)25-17(24)22-13-5-6-14(22)11-21(10-13)12-7-8-15(20-9-12)16(23)19-4/h7-9,13-14H,5-6,10-11H2,1-4H3,(H,19,23). The predicted molar refractivity (Wildman–Crippen MR) is 94.7 cm³/mol. The first-order chi connectivity index (χ1) is 11.8. The average Bonchev–Trinajstić information content (AvgIpc) is 2.83. The van der Waals surface area contributed by atoms with E-state index in [0.29, 0.717) is 5.69 Å². The maximum absolute atomic E-state index is 12.5. The Bertz CT molecular complexity index is 639. The van der Waals surface area contributed by atoms with E-state index in [4.69, 9.17) is 4.74 Å². The summed E-state index contributed by atoms with van der Waals surface area (Å²) in [6.07, 6.45) is 3.49. The summed E-state index contributed by atoms with van der Waals surface area (Å²) < 4.78 is 5.57. The lowest BCUT2D eigenvalue weighted by molar-refractivity contribution is 0.0123. The molecule has 2 atom stereocenters.